The number of aryl methyl sites for hydroxylation is 1. The molecular weight excluding hydrogens is 410 g/mol. The van der Waals surface area contributed by atoms with Crippen LogP contribution >= 0.6 is 0 Å². The Morgan fingerprint density at radius 3 is 2.42 bits per heavy atom. The summed E-state index contributed by atoms with van der Waals surface area (Å²) in [4.78, 5) is 22.5. The summed E-state index contributed by atoms with van der Waals surface area (Å²) in [7, 11) is 0. The van der Waals surface area contributed by atoms with Crippen molar-refractivity contribution < 1.29 is 0 Å². The largest absolute Gasteiger partial charge is 0.354 e. The van der Waals surface area contributed by atoms with Crippen LogP contribution in [0, 0.1) is 6.92 Å². The minimum absolute atomic E-state index is 0.135. The lowest BCUT2D eigenvalue weighted by Crippen LogP contribution is -2.47. The Bertz CT molecular complexity index is 1110. The molecule has 0 radical (unpaired) electrons. The van der Waals surface area contributed by atoms with Gasteiger partial charge in [-0.15, -0.1) is 0 Å². The number of benzene rings is 1. The average Bonchev–Trinajstić information content (AvgIpc) is 3.48. The van der Waals surface area contributed by atoms with Crippen molar-refractivity contribution in [3.05, 3.63) is 76.3 Å². The van der Waals surface area contributed by atoms with E-state index in [4.69, 9.17) is 0 Å². The molecule has 6 heteroatoms. The van der Waals surface area contributed by atoms with E-state index in [1.807, 2.05) is 29.1 Å². The molecule has 33 heavy (non-hydrogen) atoms. The van der Waals surface area contributed by atoms with Gasteiger partial charge in [0.15, 0.2) is 0 Å². The van der Waals surface area contributed by atoms with Gasteiger partial charge in [-0.3, -0.25) is 14.4 Å². The number of rotatable bonds is 7. The van der Waals surface area contributed by atoms with Gasteiger partial charge in [0.1, 0.15) is 5.82 Å². The van der Waals surface area contributed by atoms with E-state index in [9.17, 15) is 4.79 Å². The fourth-order valence-corrected chi connectivity index (χ4v) is 5.42. The van der Waals surface area contributed by atoms with Crippen molar-refractivity contribution in [3.63, 3.8) is 0 Å². The zero-order chi connectivity index (χ0) is 22.6. The number of anilines is 1. The topological polar surface area (TPSA) is 46.3 Å². The maximum Gasteiger partial charge on any atom is 0.267 e. The maximum absolute atomic E-state index is 13.0. The molecule has 0 atom stereocenters. The van der Waals surface area contributed by atoms with Gasteiger partial charge in [-0.2, -0.15) is 0 Å². The van der Waals surface area contributed by atoms with Gasteiger partial charge in [0.25, 0.3) is 5.56 Å². The highest BCUT2D eigenvalue weighted by Crippen LogP contribution is 2.34. The van der Waals surface area contributed by atoms with Crippen LogP contribution in [0.15, 0.2) is 59.5 Å². The van der Waals surface area contributed by atoms with Crippen molar-refractivity contribution in [1.82, 2.24) is 19.2 Å². The van der Waals surface area contributed by atoms with Crippen LogP contribution in [-0.2, 0) is 6.54 Å². The van der Waals surface area contributed by atoms with Crippen LogP contribution in [0.2, 0.25) is 0 Å². The molecule has 2 fully saturated rings. The van der Waals surface area contributed by atoms with Gasteiger partial charge in [0, 0.05) is 63.1 Å². The third kappa shape index (κ3) is 4.91. The molecule has 2 aromatic heterocycles. The summed E-state index contributed by atoms with van der Waals surface area (Å²) in [6.45, 7) is 7.97. The standard InChI is InChI=1S/C27H35N5O/c1-22-12-13-28-26(20-22)30-18-16-29(17-19-30)14-7-15-31-27(33)21-25(23-8-5-6-9-23)32(31)24-10-3-2-4-11-24/h2-4,10-13,20-21,23H,5-9,14-19H2,1H3. The van der Waals surface area contributed by atoms with Gasteiger partial charge < -0.3 is 4.90 Å². The minimum atomic E-state index is 0.135. The van der Waals surface area contributed by atoms with E-state index in [2.05, 4.69) is 56.7 Å². The number of para-hydroxylation sites is 1. The smallest absolute Gasteiger partial charge is 0.267 e. The Labute approximate surface area is 196 Å². The van der Waals surface area contributed by atoms with Gasteiger partial charge in [0.05, 0.1) is 5.69 Å². The van der Waals surface area contributed by atoms with Crippen molar-refractivity contribution in [2.75, 3.05) is 37.6 Å². The quantitative estimate of drug-likeness (QED) is 0.547. The fourth-order valence-electron chi connectivity index (χ4n) is 5.42. The Morgan fingerprint density at radius 2 is 1.70 bits per heavy atom. The highest BCUT2D eigenvalue weighted by molar-refractivity contribution is 5.41. The van der Waals surface area contributed by atoms with Crippen molar-refractivity contribution in [1.29, 1.82) is 0 Å². The lowest BCUT2D eigenvalue weighted by Gasteiger charge is -2.35. The third-order valence-corrected chi connectivity index (χ3v) is 7.23. The second kappa shape index (κ2) is 9.96. The summed E-state index contributed by atoms with van der Waals surface area (Å²) in [5, 5.41) is 0. The molecule has 174 valence electrons. The first-order valence-electron chi connectivity index (χ1n) is 12.5. The second-order valence-electron chi connectivity index (χ2n) is 9.53. The fraction of sp³-hybridized carbons (Fsp3) is 0.481. The van der Waals surface area contributed by atoms with Crippen LogP contribution in [0.25, 0.3) is 5.69 Å². The van der Waals surface area contributed by atoms with Crippen LogP contribution in [0.5, 0.6) is 0 Å². The Balaban J connectivity index is 1.24. The van der Waals surface area contributed by atoms with E-state index in [-0.39, 0.29) is 5.56 Å². The molecular formula is C27H35N5O. The number of nitrogens with zero attached hydrogens (tertiary/aromatic N) is 5. The molecule has 3 aromatic rings. The highest BCUT2D eigenvalue weighted by Gasteiger charge is 2.24. The maximum atomic E-state index is 13.0. The summed E-state index contributed by atoms with van der Waals surface area (Å²) in [6, 6.07) is 16.5. The van der Waals surface area contributed by atoms with E-state index >= 15 is 0 Å². The lowest BCUT2D eigenvalue weighted by atomic mass is 10.0. The Kier molecular flexibility index (Phi) is 6.63. The van der Waals surface area contributed by atoms with Crippen LogP contribution in [0.1, 0.15) is 49.3 Å². The zero-order valence-corrected chi connectivity index (χ0v) is 19.7. The predicted molar refractivity (Wildman–Crippen MR) is 133 cm³/mol. The highest BCUT2D eigenvalue weighted by atomic mass is 16.1. The summed E-state index contributed by atoms with van der Waals surface area (Å²) < 4.78 is 4.18. The van der Waals surface area contributed by atoms with Crippen molar-refractivity contribution in [3.8, 4) is 5.69 Å². The number of pyridine rings is 1. The molecule has 0 amide bonds. The van der Waals surface area contributed by atoms with Crippen LogP contribution in [0.4, 0.5) is 5.82 Å². The number of hydrogen-bond acceptors (Lipinski definition) is 4. The van der Waals surface area contributed by atoms with Gasteiger partial charge in [-0.05, 0) is 56.0 Å². The Hall–Kier alpha value is -2.86. The lowest BCUT2D eigenvalue weighted by molar-refractivity contribution is 0.247. The van der Waals surface area contributed by atoms with Crippen LogP contribution < -0.4 is 10.5 Å². The normalized spacial score (nSPS) is 17.7. The van der Waals surface area contributed by atoms with Crippen molar-refractivity contribution >= 4 is 5.82 Å². The van der Waals surface area contributed by atoms with E-state index in [0.29, 0.717) is 5.92 Å². The monoisotopic (exact) mass is 445 g/mol. The Morgan fingerprint density at radius 1 is 0.939 bits per heavy atom. The first-order chi connectivity index (χ1) is 16.2. The van der Waals surface area contributed by atoms with Gasteiger partial charge >= 0.3 is 0 Å². The number of hydrogen-bond donors (Lipinski definition) is 0. The molecule has 6 nitrogen and oxygen atoms in total. The van der Waals surface area contributed by atoms with E-state index < -0.39 is 0 Å². The molecule has 5 rings (SSSR count). The third-order valence-electron chi connectivity index (χ3n) is 7.23. The molecule has 0 unspecified atom stereocenters. The van der Waals surface area contributed by atoms with Crippen LogP contribution in [-0.4, -0.2) is 52.0 Å². The summed E-state index contributed by atoms with van der Waals surface area (Å²) in [5.74, 6) is 1.59. The van der Waals surface area contributed by atoms with E-state index in [0.717, 1.165) is 57.2 Å². The molecule has 0 N–H and O–H groups in total. The number of piperazine rings is 1. The van der Waals surface area contributed by atoms with Gasteiger partial charge in [0.2, 0.25) is 0 Å². The second-order valence-corrected chi connectivity index (χ2v) is 9.53. The predicted octanol–water partition coefficient (Wildman–Crippen LogP) is 4.21. The number of aromatic nitrogens is 3. The summed E-state index contributed by atoms with van der Waals surface area (Å²) in [5.41, 5.74) is 3.69. The first-order valence-corrected chi connectivity index (χ1v) is 12.5. The van der Waals surface area contributed by atoms with Gasteiger partial charge in [-0.1, -0.05) is 31.0 Å². The average molecular weight is 446 g/mol. The molecule has 1 aliphatic heterocycles. The molecule has 0 bridgehead atoms. The summed E-state index contributed by atoms with van der Waals surface area (Å²) >= 11 is 0. The van der Waals surface area contributed by atoms with Crippen molar-refractivity contribution in [2.24, 2.45) is 0 Å². The van der Waals surface area contributed by atoms with E-state index in [1.54, 1.807) is 0 Å². The molecule has 1 saturated carbocycles. The van der Waals surface area contributed by atoms with E-state index in [1.165, 1.54) is 36.9 Å². The molecule has 2 aliphatic rings. The van der Waals surface area contributed by atoms with Crippen LogP contribution in [0.3, 0.4) is 0 Å². The SMILES string of the molecule is Cc1ccnc(N2CCN(CCCn3c(=O)cc(C4CCCC4)n3-c3ccccc3)CC2)c1. The minimum Gasteiger partial charge on any atom is -0.354 e. The molecule has 0 spiro atoms. The summed E-state index contributed by atoms with van der Waals surface area (Å²) in [6.07, 6.45) is 7.79. The molecule has 1 aliphatic carbocycles. The molecule has 3 heterocycles. The molecule has 1 aromatic carbocycles. The molecule has 1 saturated heterocycles. The first kappa shape index (κ1) is 22.0. The van der Waals surface area contributed by atoms with Gasteiger partial charge in [-0.25, -0.2) is 9.67 Å². The van der Waals surface area contributed by atoms with Crippen molar-refractivity contribution in [2.45, 2.75) is 51.5 Å². The zero-order valence-electron chi connectivity index (χ0n) is 19.7.